The lowest BCUT2D eigenvalue weighted by molar-refractivity contribution is 0.102. The van der Waals surface area contributed by atoms with Gasteiger partial charge in [-0.1, -0.05) is 12.1 Å². The molecule has 2 aromatic rings. The van der Waals surface area contributed by atoms with E-state index in [2.05, 4.69) is 21.2 Å². The van der Waals surface area contributed by atoms with Crippen LogP contribution in [0.25, 0.3) is 0 Å². The van der Waals surface area contributed by atoms with Gasteiger partial charge in [0.15, 0.2) is 0 Å². The van der Waals surface area contributed by atoms with Crippen LogP contribution in [0, 0.1) is 12.7 Å². The van der Waals surface area contributed by atoms with Crippen molar-refractivity contribution < 1.29 is 9.18 Å². The fourth-order valence-electron chi connectivity index (χ4n) is 1.77. The summed E-state index contributed by atoms with van der Waals surface area (Å²) in [5.41, 5.74) is 2.58. The Labute approximate surface area is 130 Å². The second-order valence-electron chi connectivity index (χ2n) is 4.37. The van der Waals surface area contributed by atoms with Gasteiger partial charge in [0.1, 0.15) is 5.82 Å². The zero-order chi connectivity index (χ0) is 14.7. The highest BCUT2D eigenvalue weighted by Crippen LogP contribution is 2.24. The molecule has 0 fully saturated rings. The maximum absolute atomic E-state index is 13.5. The van der Waals surface area contributed by atoms with Gasteiger partial charge in [0.2, 0.25) is 0 Å². The van der Waals surface area contributed by atoms with Gasteiger partial charge in [-0.2, -0.15) is 0 Å². The van der Waals surface area contributed by atoms with E-state index in [1.807, 2.05) is 6.07 Å². The molecule has 20 heavy (non-hydrogen) atoms. The number of benzene rings is 2. The summed E-state index contributed by atoms with van der Waals surface area (Å²) in [4.78, 5) is 12.1. The average Bonchev–Trinajstić information content (AvgIpc) is 2.44. The number of anilines is 1. The van der Waals surface area contributed by atoms with Gasteiger partial charge in [0.05, 0.1) is 4.47 Å². The number of hydrogen-bond acceptors (Lipinski definition) is 1. The molecule has 0 aliphatic heterocycles. The predicted octanol–water partition coefficient (Wildman–Crippen LogP) is 4.89. The Balaban J connectivity index is 2.25. The number of aryl methyl sites for hydroxylation is 1. The zero-order valence-electron chi connectivity index (χ0n) is 10.7. The molecule has 0 atom stereocenters. The lowest BCUT2D eigenvalue weighted by Gasteiger charge is -2.10. The van der Waals surface area contributed by atoms with Gasteiger partial charge in [0, 0.05) is 17.1 Å². The van der Waals surface area contributed by atoms with E-state index in [1.165, 1.54) is 6.07 Å². The molecule has 2 nitrogen and oxygen atoms in total. The van der Waals surface area contributed by atoms with Crippen LogP contribution >= 0.6 is 27.5 Å². The van der Waals surface area contributed by atoms with E-state index < -0.39 is 5.82 Å². The molecule has 1 amide bonds. The van der Waals surface area contributed by atoms with Gasteiger partial charge < -0.3 is 5.32 Å². The van der Waals surface area contributed by atoms with Crippen molar-refractivity contribution in [1.29, 1.82) is 0 Å². The molecule has 0 aliphatic carbocycles. The maximum Gasteiger partial charge on any atom is 0.255 e. The molecule has 0 heterocycles. The van der Waals surface area contributed by atoms with Crippen LogP contribution in [0.3, 0.4) is 0 Å². The van der Waals surface area contributed by atoms with Gasteiger partial charge in [-0.05, 0) is 58.2 Å². The highest BCUT2D eigenvalue weighted by molar-refractivity contribution is 9.10. The van der Waals surface area contributed by atoms with Crippen LogP contribution < -0.4 is 5.32 Å². The van der Waals surface area contributed by atoms with E-state index in [-0.39, 0.29) is 5.91 Å². The maximum atomic E-state index is 13.5. The van der Waals surface area contributed by atoms with Crippen molar-refractivity contribution in [3.05, 3.63) is 63.4 Å². The number of rotatable bonds is 3. The van der Waals surface area contributed by atoms with Gasteiger partial charge in [-0.15, -0.1) is 11.6 Å². The molecule has 0 saturated heterocycles. The molecule has 1 N–H and O–H groups in total. The Morgan fingerprint density at radius 3 is 2.80 bits per heavy atom. The number of carbonyl (C=O) groups excluding carboxylic acids is 1. The summed E-state index contributed by atoms with van der Waals surface area (Å²) in [6.07, 6.45) is 0. The molecule has 0 aliphatic rings. The first-order chi connectivity index (χ1) is 9.51. The monoisotopic (exact) mass is 355 g/mol. The molecule has 2 rings (SSSR count). The van der Waals surface area contributed by atoms with Gasteiger partial charge in [0.25, 0.3) is 5.91 Å². The van der Waals surface area contributed by atoms with Crippen molar-refractivity contribution in [1.82, 2.24) is 0 Å². The minimum absolute atomic E-state index is 0.290. The second-order valence-corrected chi connectivity index (χ2v) is 5.49. The topological polar surface area (TPSA) is 29.1 Å². The van der Waals surface area contributed by atoms with Crippen LogP contribution in [0.15, 0.2) is 40.9 Å². The molecule has 0 unspecified atom stereocenters. The van der Waals surface area contributed by atoms with E-state index >= 15 is 0 Å². The van der Waals surface area contributed by atoms with Gasteiger partial charge in [-0.25, -0.2) is 4.39 Å². The van der Waals surface area contributed by atoms with E-state index in [4.69, 9.17) is 11.6 Å². The molecule has 0 radical (unpaired) electrons. The molecular formula is C15H12BrClFNO. The highest BCUT2D eigenvalue weighted by atomic mass is 79.9. The Hall–Kier alpha value is -1.39. The van der Waals surface area contributed by atoms with Crippen molar-refractivity contribution in [3.8, 4) is 0 Å². The van der Waals surface area contributed by atoms with Crippen molar-refractivity contribution in [3.63, 3.8) is 0 Å². The number of hydrogen-bond donors (Lipinski definition) is 1. The molecule has 0 bridgehead atoms. The van der Waals surface area contributed by atoms with Crippen molar-refractivity contribution in [2.75, 3.05) is 5.32 Å². The molecule has 5 heteroatoms. The van der Waals surface area contributed by atoms with Crippen LogP contribution in [-0.2, 0) is 5.88 Å². The predicted molar refractivity (Wildman–Crippen MR) is 82.8 cm³/mol. The third kappa shape index (κ3) is 3.38. The Bertz CT molecular complexity index is 660. The van der Waals surface area contributed by atoms with Crippen molar-refractivity contribution >= 4 is 39.1 Å². The summed E-state index contributed by atoms with van der Waals surface area (Å²) in [6, 6.07) is 9.93. The minimum atomic E-state index is -0.416. The minimum Gasteiger partial charge on any atom is -0.322 e. The Morgan fingerprint density at radius 2 is 2.10 bits per heavy atom. The van der Waals surface area contributed by atoms with Crippen LogP contribution in [0.2, 0.25) is 0 Å². The van der Waals surface area contributed by atoms with Crippen LogP contribution in [-0.4, -0.2) is 5.91 Å². The van der Waals surface area contributed by atoms with E-state index in [0.717, 1.165) is 11.1 Å². The molecule has 0 saturated carbocycles. The fourth-order valence-corrected chi connectivity index (χ4v) is 2.40. The summed E-state index contributed by atoms with van der Waals surface area (Å²) in [6.45, 7) is 1.80. The fraction of sp³-hybridized carbons (Fsp3) is 0.133. The summed E-state index contributed by atoms with van der Waals surface area (Å²) >= 11 is 8.85. The molecule has 2 aromatic carbocycles. The third-order valence-corrected chi connectivity index (χ3v) is 3.78. The van der Waals surface area contributed by atoms with E-state index in [9.17, 15) is 9.18 Å². The second kappa shape index (κ2) is 6.37. The highest BCUT2D eigenvalue weighted by Gasteiger charge is 2.10. The summed E-state index contributed by atoms with van der Waals surface area (Å²) in [7, 11) is 0. The van der Waals surface area contributed by atoms with Crippen molar-refractivity contribution in [2.24, 2.45) is 0 Å². The standard InChI is InChI=1S/C15H12BrClFNO/c1-9-5-12(16)13(18)7-14(9)19-15(20)11-4-2-3-10(6-11)8-17/h2-7H,8H2,1H3,(H,19,20). The van der Waals surface area contributed by atoms with E-state index in [1.54, 1.807) is 31.2 Å². The Kier molecular flexibility index (Phi) is 4.78. The first kappa shape index (κ1) is 15.0. The number of amides is 1. The Morgan fingerprint density at radius 1 is 1.35 bits per heavy atom. The van der Waals surface area contributed by atoms with Crippen molar-refractivity contribution in [2.45, 2.75) is 12.8 Å². The number of nitrogens with one attached hydrogen (secondary N) is 1. The van der Waals surface area contributed by atoms with Crippen LogP contribution in [0.1, 0.15) is 21.5 Å². The van der Waals surface area contributed by atoms with E-state index in [0.29, 0.717) is 21.6 Å². The molecular weight excluding hydrogens is 345 g/mol. The SMILES string of the molecule is Cc1cc(Br)c(F)cc1NC(=O)c1cccc(CCl)c1. The lowest BCUT2D eigenvalue weighted by atomic mass is 10.1. The molecule has 0 aromatic heterocycles. The largest absolute Gasteiger partial charge is 0.322 e. The number of alkyl halides is 1. The molecule has 104 valence electrons. The molecule has 0 spiro atoms. The lowest BCUT2D eigenvalue weighted by Crippen LogP contribution is -2.13. The number of halogens is 3. The number of carbonyl (C=O) groups is 1. The first-order valence-electron chi connectivity index (χ1n) is 5.93. The van der Waals surface area contributed by atoms with Crippen LogP contribution in [0.4, 0.5) is 10.1 Å². The quantitative estimate of drug-likeness (QED) is 0.780. The smallest absolute Gasteiger partial charge is 0.255 e. The first-order valence-corrected chi connectivity index (χ1v) is 7.26. The summed E-state index contributed by atoms with van der Waals surface area (Å²) in [5.74, 6) is -0.366. The van der Waals surface area contributed by atoms with Gasteiger partial charge in [-0.3, -0.25) is 4.79 Å². The zero-order valence-corrected chi connectivity index (χ0v) is 13.1. The third-order valence-electron chi connectivity index (χ3n) is 2.86. The summed E-state index contributed by atoms with van der Waals surface area (Å²) < 4.78 is 13.9. The normalized spacial score (nSPS) is 10.4. The average molecular weight is 357 g/mol. The summed E-state index contributed by atoms with van der Waals surface area (Å²) in [5, 5.41) is 2.70. The van der Waals surface area contributed by atoms with Gasteiger partial charge >= 0.3 is 0 Å². The van der Waals surface area contributed by atoms with Crippen LogP contribution in [0.5, 0.6) is 0 Å².